The summed E-state index contributed by atoms with van der Waals surface area (Å²) in [6.45, 7) is 1.39. The van der Waals surface area contributed by atoms with E-state index in [1.807, 2.05) is 12.1 Å². The summed E-state index contributed by atoms with van der Waals surface area (Å²) in [5, 5.41) is 3.62. The number of ether oxygens (including phenoxy) is 2. The second-order valence-electron chi connectivity index (χ2n) is 6.52. The van der Waals surface area contributed by atoms with E-state index in [2.05, 4.69) is 10.3 Å². The highest BCUT2D eigenvalue weighted by molar-refractivity contribution is 7.15. The third-order valence-electron chi connectivity index (χ3n) is 4.64. The van der Waals surface area contributed by atoms with Crippen LogP contribution in [-0.2, 0) is 17.6 Å². The SMILES string of the molecule is O=C(Nc1nc2c(s1)CCCC2)c1ccc(OC[C@H]2CCCO2)cc1. The zero-order valence-electron chi connectivity index (χ0n) is 14.1. The summed E-state index contributed by atoms with van der Waals surface area (Å²) in [6.07, 6.45) is 6.87. The Balaban J connectivity index is 1.34. The molecule has 1 aromatic heterocycles. The van der Waals surface area contributed by atoms with Crippen molar-refractivity contribution in [3.63, 3.8) is 0 Å². The maximum atomic E-state index is 12.4. The molecular weight excluding hydrogens is 336 g/mol. The van der Waals surface area contributed by atoms with E-state index in [0.717, 1.165) is 43.7 Å². The summed E-state index contributed by atoms with van der Waals surface area (Å²) < 4.78 is 11.3. The molecule has 1 amide bonds. The number of carbonyl (C=O) groups excluding carboxylic acids is 1. The van der Waals surface area contributed by atoms with E-state index >= 15 is 0 Å². The largest absolute Gasteiger partial charge is 0.491 e. The van der Waals surface area contributed by atoms with Crippen molar-refractivity contribution in [1.29, 1.82) is 0 Å². The van der Waals surface area contributed by atoms with Gasteiger partial charge in [0, 0.05) is 17.0 Å². The lowest BCUT2D eigenvalue weighted by molar-refractivity contribution is 0.0679. The molecule has 1 saturated heterocycles. The molecule has 5 nitrogen and oxygen atoms in total. The molecule has 1 fully saturated rings. The van der Waals surface area contributed by atoms with Gasteiger partial charge in [-0.05, 0) is 62.8 Å². The topological polar surface area (TPSA) is 60.5 Å². The number of rotatable bonds is 5. The smallest absolute Gasteiger partial charge is 0.257 e. The number of fused-ring (bicyclic) bond motifs is 1. The van der Waals surface area contributed by atoms with Gasteiger partial charge in [0.15, 0.2) is 5.13 Å². The molecule has 2 aromatic rings. The summed E-state index contributed by atoms with van der Waals surface area (Å²) in [5.41, 5.74) is 1.77. The molecule has 2 heterocycles. The summed E-state index contributed by atoms with van der Waals surface area (Å²) in [5.74, 6) is 0.633. The number of nitrogens with one attached hydrogen (secondary N) is 1. The van der Waals surface area contributed by atoms with Crippen LogP contribution in [0.2, 0.25) is 0 Å². The average molecular weight is 358 g/mol. The molecule has 0 spiro atoms. The zero-order chi connectivity index (χ0) is 17.1. The van der Waals surface area contributed by atoms with E-state index in [9.17, 15) is 4.79 Å². The standard InChI is InChI=1S/C19H22N2O3S/c22-18(21-19-20-16-5-1-2-6-17(16)25-19)13-7-9-14(10-8-13)24-12-15-4-3-11-23-15/h7-10,15H,1-6,11-12H2,(H,20,21,22)/t15-/m1/s1. The van der Waals surface area contributed by atoms with E-state index in [1.54, 1.807) is 23.5 Å². The van der Waals surface area contributed by atoms with E-state index in [4.69, 9.17) is 9.47 Å². The fourth-order valence-electron chi connectivity index (χ4n) is 3.24. The second kappa shape index (κ2) is 7.54. The van der Waals surface area contributed by atoms with Crippen molar-refractivity contribution < 1.29 is 14.3 Å². The molecule has 0 saturated carbocycles. The Labute approximate surface area is 151 Å². The summed E-state index contributed by atoms with van der Waals surface area (Å²) >= 11 is 1.60. The maximum absolute atomic E-state index is 12.4. The van der Waals surface area contributed by atoms with Crippen LogP contribution in [0.1, 0.15) is 46.6 Å². The minimum atomic E-state index is -0.128. The van der Waals surface area contributed by atoms with Crippen LogP contribution < -0.4 is 10.1 Å². The number of benzene rings is 1. The van der Waals surface area contributed by atoms with Crippen LogP contribution in [0.3, 0.4) is 0 Å². The predicted molar refractivity (Wildman–Crippen MR) is 97.6 cm³/mol. The van der Waals surface area contributed by atoms with Gasteiger partial charge >= 0.3 is 0 Å². The molecule has 1 aliphatic heterocycles. The number of hydrogen-bond donors (Lipinski definition) is 1. The Hall–Kier alpha value is -1.92. The second-order valence-corrected chi connectivity index (χ2v) is 7.60. The van der Waals surface area contributed by atoms with Gasteiger partial charge < -0.3 is 9.47 Å². The van der Waals surface area contributed by atoms with E-state index in [-0.39, 0.29) is 12.0 Å². The highest BCUT2D eigenvalue weighted by atomic mass is 32.1. The molecule has 1 aromatic carbocycles. The minimum Gasteiger partial charge on any atom is -0.491 e. The van der Waals surface area contributed by atoms with Crippen LogP contribution in [0.5, 0.6) is 5.75 Å². The highest BCUT2D eigenvalue weighted by Crippen LogP contribution is 2.29. The molecule has 1 N–H and O–H groups in total. The van der Waals surface area contributed by atoms with Gasteiger partial charge in [0.05, 0.1) is 11.8 Å². The van der Waals surface area contributed by atoms with Gasteiger partial charge in [-0.15, -0.1) is 11.3 Å². The molecule has 25 heavy (non-hydrogen) atoms. The average Bonchev–Trinajstić information content (AvgIpc) is 3.29. The lowest BCUT2D eigenvalue weighted by Crippen LogP contribution is -2.16. The molecule has 2 aliphatic rings. The van der Waals surface area contributed by atoms with Crippen LogP contribution >= 0.6 is 11.3 Å². The first kappa shape index (κ1) is 16.5. The monoisotopic (exact) mass is 358 g/mol. The normalized spacial score (nSPS) is 19.4. The van der Waals surface area contributed by atoms with Crippen molar-refractivity contribution in [2.75, 3.05) is 18.5 Å². The molecule has 1 aliphatic carbocycles. The fourth-order valence-corrected chi connectivity index (χ4v) is 4.29. The third kappa shape index (κ3) is 4.02. The lowest BCUT2D eigenvalue weighted by Gasteiger charge is -2.11. The van der Waals surface area contributed by atoms with Gasteiger partial charge in [-0.2, -0.15) is 0 Å². The lowest BCUT2D eigenvalue weighted by atomic mass is 10.0. The van der Waals surface area contributed by atoms with Gasteiger partial charge in [-0.1, -0.05) is 0 Å². The highest BCUT2D eigenvalue weighted by Gasteiger charge is 2.18. The Morgan fingerprint density at radius 3 is 2.84 bits per heavy atom. The molecule has 1 atom stereocenters. The Morgan fingerprint density at radius 2 is 2.08 bits per heavy atom. The first-order valence-corrected chi connectivity index (χ1v) is 9.74. The summed E-state index contributed by atoms with van der Waals surface area (Å²) in [4.78, 5) is 18.3. The van der Waals surface area contributed by atoms with Crippen LogP contribution in [-0.4, -0.2) is 30.2 Å². The number of thiazole rings is 1. The van der Waals surface area contributed by atoms with Crippen molar-refractivity contribution in [3.8, 4) is 5.75 Å². The van der Waals surface area contributed by atoms with Gasteiger partial charge in [0.25, 0.3) is 5.91 Å². The van der Waals surface area contributed by atoms with E-state index in [0.29, 0.717) is 17.3 Å². The van der Waals surface area contributed by atoms with Crippen LogP contribution in [0.15, 0.2) is 24.3 Å². The van der Waals surface area contributed by atoms with Crippen LogP contribution in [0, 0.1) is 0 Å². The number of aromatic nitrogens is 1. The number of carbonyl (C=O) groups is 1. The first-order valence-electron chi connectivity index (χ1n) is 8.92. The number of amides is 1. The van der Waals surface area contributed by atoms with Gasteiger partial charge in [-0.3, -0.25) is 10.1 Å². The van der Waals surface area contributed by atoms with Crippen molar-refractivity contribution in [3.05, 3.63) is 40.4 Å². The fraction of sp³-hybridized carbons (Fsp3) is 0.474. The van der Waals surface area contributed by atoms with Gasteiger partial charge in [0.2, 0.25) is 0 Å². The summed E-state index contributed by atoms with van der Waals surface area (Å²) in [7, 11) is 0. The van der Waals surface area contributed by atoms with Crippen molar-refractivity contribution >= 4 is 22.4 Å². The molecule has 0 radical (unpaired) electrons. The molecule has 4 rings (SSSR count). The summed E-state index contributed by atoms with van der Waals surface area (Å²) in [6, 6.07) is 7.23. The number of anilines is 1. The zero-order valence-corrected chi connectivity index (χ0v) is 14.9. The Morgan fingerprint density at radius 1 is 1.24 bits per heavy atom. The third-order valence-corrected chi connectivity index (χ3v) is 5.72. The van der Waals surface area contributed by atoms with Gasteiger partial charge in [-0.25, -0.2) is 4.98 Å². The van der Waals surface area contributed by atoms with Gasteiger partial charge in [0.1, 0.15) is 12.4 Å². The quantitative estimate of drug-likeness (QED) is 0.882. The Bertz CT molecular complexity index is 712. The van der Waals surface area contributed by atoms with E-state index < -0.39 is 0 Å². The van der Waals surface area contributed by atoms with Crippen molar-refractivity contribution in [2.24, 2.45) is 0 Å². The molecule has 6 heteroatoms. The number of nitrogens with zero attached hydrogens (tertiary/aromatic N) is 1. The predicted octanol–water partition coefficient (Wildman–Crippen LogP) is 3.83. The molecule has 0 unspecified atom stereocenters. The van der Waals surface area contributed by atoms with E-state index in [1.165, 1.54) is 17.7 Å². The maximum Gasteiger partial charge on any atom is 0.257 e. The van der Waals surface area contributed by atoms with Crippen LogP contribution in [0.4, 0.5) is 5.13 Å². The van der Waals surface area contributed by atoms with Crippen molar-refractivity contribution in [1.82, 2.24) is 4.98 Å². The molecule has 0 bridgehead atoms. The molecular formula is C19H22N2O3S. The molecule has 132 valence electrons. The number of hydrogen-bond acceptors (Lipinski definition) is 5. The first-order chi connectivity index (χ1) is 12.3. The van der Waals surface area contributed by atoms with Crippen molar-refractivity contribution in [2.45, 2.75) is 44.6 Å². The minimum absolute atomic E-state index is 0.128. The van der Waals surface area contributed by atoms with Crippen LogP contribution in [0.25, 0.3) is 0 Å². The Kier molecular flexibility index (Phi) is 4.99. The number of aryl methyl sites for hydroxylation is 2.